The second-order valence-electron chi connectivity index (χ2n) is 13.6. The van der Waals surface area contributed by atoms with E-state index in [0.29, 0.717) is 0 Å². The van der Waals surface area contributed by atoms with Crippen molar-refractivity contribution in [2.45, 2.75) is 24.7 Å². The largest absolute Gasteiger partial charge is 0.309 e. The van der Waals surface area contributed by atoms with Crippen molar-refractivity contribution in [1.29, 1.82) is 0 Å². The van der Waals surface area contributed by atoms with Crippen molar-refractivity contribution in [2.24, 2.45) is 0 Å². The standard InChI is InChI=1S/C46H35OP/c1-45(2)41-24-11-13-26-43(41)46(44-27-14-12-25-42(44)45)39-23-10-9-22-37(39)38-31-33(28-29-40(38)46)32-16-15-21-36(30-32)48(47,34-17-5-3-6-18-34)35-19-7-4-8-20-35/h3-31H,1-2H3. The van der Waals surface area contributed by atoms with E-state index in [0.717, 1.165) is 27.0 Å². The molecule has 1 nitrogen and oxygen atoms in total. The van der Waals surface area contributed by atoms with Gasteiger partial charge in [0.2, 0.25) is 0 Å². The lowest BCUT2D eigenvalue weighted by Gasteiger charge is -2.46. The van der Waals surface area contributed by atoms with Gasteiger partial charge in [0.05, 0.1) is 5.41 Å². The molecule has 0 saturated heterocycles. The monoisotopic (exact) mass is 634 g/mol. The average Bonchev–Trinajstić information content (AvgIpc) is 3.45. The highest BCUT2D eigenvalue weighted by Crippen LogP contribution is 2.62. The minimum Gasteiger partial charge on any atom is -0.309 e. The normalized spacial score (nSPS) is 14.9. The summed E-state index contributed by atoms with van der Waals surface area (Å²) in [5.41, 5.74) is 12.3. The molecule has 0 heterocycles. The molecule has 2 heteroatoms. The van der Waals surface area contributed by atoms with Crippen molar-refractivity contribution < 1.29 is 4.57 Å². The van der Waals surface area contributed by atoms with Crippen LogP contribution in [-0.4, -0.2) is 0 Å². The van der Waals surface area contributed by atoms with E-state index in [9.17, 15) is 0 Å². The summed E-state index contributed by atoms with van der Waals surface area (Å²) in [7, 11) is -3.11. The van der Waals surface area contributed by atoms with Crippen LogP contribution in [0.15, 0.2) is 176 Å². The summed E-state index contributed by atoms with van der Waals surface area (Å²) >= 11 is 0. The van der Waals surface area contributed by atoms with Gasteiger partial charge >= 0.3 is 0 Å². The summed E-state index contributed by atoms with van der Waals surface area (Å²) in [5, 5.41) is 2.53. The summed E-state index contributed by atoms with van der Waals surface area (Å²) in [6.45, 7) is 4.72. The average molecular weight is 635 g/mol. The Bertz CT molecular complexity index is 2310. The van der Waals surface area contributed by atoms with Gasteiger partial charge < -0.3 is 4.57 Å². The van der Waals surface area contributed by atoms with Gasteiger partial charge in [-0.3, -0.25) is 0 Å². The third kappa shape index (κ3) is 3.89. The smallest absolute Gasteiger partial charge is 0.171 e. The van der Waals surface area contributed by atoms with Gasteiger partial charge in [0.25, 0.3) is 0 Å². The Morgan fingerprint density at radius 1 is 0.375 bits per heavy atom. The van der Waals surface area contributed by atoms with Crippen LogP contribution in [0.1, 0.15) is 47.2 Å². The highest BCUT2D eigenvalue weighted by molar-refractivity contribution is 7.85. The van der Waals surface area contributed by atoms with Crippen LogP contribution in [0.3, 0.4) is 0 Å². The molecule has 0 unspecified atom stereocenters. The van der Waals surface area contributed by atoms with E-state index in [1.165, 1.54) is 44.5 Å². The number of fused-ring (bicyclic) bond motifs is 9. The molecule has 0 atom stereocenters. The van der Waals surface area contributed by atoms with Crippen LogP contribution >= 0.6 is 7.14 Å². The molecule has 0 bridgehead atoms. The van der Waals surface area contributed by atoms with E-state index in [2.05, 4.69) is 123 Å². The molecule has 1 spiro atoms. The number of rotatable bonds is 4. The molecule has 0 aliphatic heterocycles. The molecule has 48 heavy (non-hydrogen) atoms. The maximum atomic E-state index is 15.2. The maximum absolute atomic E-state index is 15.2. The topological polar surface area (TPSA) is 17.1 Å². The fourth-order valence-corrected chi connectivity index (χ4v) is 11.3. The van der Waals surface area contributed by atoms with Crippen LogP contribution in [0.4, 0.5) is 0 Å². The Hall–Kier alpha value is -5.23. The molecule has 7 aromatic carbocycles. The van der Waals surface area contributed by atoms with E-state index in [1.54, 1.807) is 0 Å². The lowest BCUT2D eigenvalue weighted by molar-refractivity contribution is 0.563. The molecule has 7 aromatic rings. The maximum Gasteiger partial charge on any atom is 0.171 e. The molecule has 2 aliphatic carbocycles. The fourth-order valence-electron chi connectivity index (χ4n) is 8.65. The molecule has 0 N–H and O–H groups in total. The zero-order chi connectivity index (χ0) is 32.5. The Balaban J connectivity index is 1.27. The molecule has 9 rings (SSSR count). The molecule has 0 amide bonds. The predicted octanol–water partition coefficient (Wildman–Crippen LogP) is 10.00. The predicted molar refractivity (Wildman–Crippen MR) is 201 cm³/mol. The summed E-state index contributed by atoms with van der Waals surface area (Å²) in [5.74, 6) is 0. The molecule has 2 aliphatic rings. The Morgan fingerprint density at radius 2 is 0.833 bits per heavy atom. The molecule has 0 aromatic heterocycles. The van der Waals surface area contributed by atoms with Crippen LogP contribution in [0, 0.1) is 0 Å². The van der Waals surface area contributed by atoms with Gasteiger partial charge in [-0.25, -0.2) is 0 Å². The van der Waals surface area contributed by atoms with Gasteiger partial charge in [-0.1, -0.05) is 178 Å². The summed E-state index contributed by atoms with van der Waals surface area (Å²) in [4.78, 5) is 0. The van der Waals surface area contributed by atoms with Crippen LogP contribution in [-0.2, 0) is 15.4 Å². The number of benzene rings is 7. The van der Waals surface area contributed by atoms with Crippen molar-refractivity contribution in [1.82, 2.24) is 0 Å². The Morgan fingerprint density at radius 3 is 1.44 bits per heavy atom. The van der Waals surface area contributed by atoms with Crippen molar-refractivity contribution in [3.8, 4) is 22.3 Å². The summed E-state index contributed by atoms with van der Waals surface area (Å²) in [6, 6.07) is 62.3. The third-order valence-corrected chi connectivity index (χ3v) is 13.9. The van der Waals surface area contributed by atoms with Gasteiger partial charge in [-0.15, -0.1) is 0 Å². The van der Waals surface area contributed by atoms with Gasteiger partial charge in [-0.2, -0.15) is 0 Å². The van der Waals surface area contributed by atoms with Crippen molar-refractivity contribution in [3.63, 3.8) is 0 Å². The summed E-state index contributed by atoms with van der Waals surface area (Å²) in [6.07, 6.45) is 0. The first-order valence-electron chi connectivity index (χ1n) is 16.7. The van der Waals surface area contributed by atoms with E-state index in [1.807, 2.05) is 66.7 Å². The second kappa shape index (κ2) is 10.6. The molecular weight excluding hydrogens is 599 g/mol. The molecule has 0 radical (unpaired) electrons. The first kappa shape index (κ1) is 29.0. The third-order valence-electron chi connectivity index (χ3n) is 10.8. The number of hydrogen-bond donors (Lipinski definition) is 0. The minimum atomic E-state index is -3.11. The molecular formula is C46H35OP. The van der Waals surface area contributed by atoms with E-state index >= 15 is 4.57 Å². The van der Waals surface area contributed by atoms with Crippen molar-refractivity contribution >= 4 is 23.1 Å². The van der Waals surface area contributed by atoms with Gasteiger partial charge in [0, 0.05) is 21.3 Å². The zero-order valence-corrected chi connectivity index (χ0v) is 28.0. The zero-order valence-electron chi connectivity index (χ0n) is 27.1. The van der Waals surface area contributed by atoms with E-state index in [4.69, 9.17) is 0 Å². The first-order valence-corrected chi connectivity index (χ1v) is 18.4. The molecule has 230 valence electrons. The van der Waals surface area contributed by atoms with Crippen molar-refractivity contribution in [2.75, 3.05) is 0 Å². The number of hydrogen-bond acceptors (Lipinski definition) is 1. The van der Waals surface area contributed by atoms with E-state index in [-0.39, 0.29) is 5.41 Å². The van der Waals surface area contributed by atoms with Crippen LogP contribution in [0.25, 0.3) is 22.3 Å². The van der Waals surface area contributed by atoms with E-state index < -0.39 is 12.6 Å². The second-order valence-corrected chi connectivity index (χ2v) is 16.4. The summed E-state index contributed by atoms with van der Waals surface area (Å²) < 4.78 is 15.2. The van der Waals surface area contributed by atoms with Gasteiger partial charge in [0.15, 0.2) is 7.14 Å². The van der Waals surface area contributed by atoms with Crippen LogP contribution in [0.5, 0.6) is 0 Å². The lowest BCUT2D eigenvalue weighted by atomic mass is 9.55. The van der Waals surface area contributed by atoms with Gasteiger partial charge in [-0.05, 0) is 67.8 Å². The van der Waals surface area contributed by atoms with Crippen LogP contribution in [0.2, 0.25) is 0 Å². The first-order chi connectivity index (χ1) is 23.4. The molecule has 0 saturated carbocycles. The SMILES string of the molecule is CC1(C)c2ccccc2C2(c3ccccc3-c3cc(-c4cccc(P(=O)(c5ccccc5)c5ccccc5)c4)ccc32)c2ccccc21. The minimum absolute atomic E-state index is 0.123. The quantitative estimate of drug-likeness (QED) is 0.176. The Kier molecular flexibility index (Phi) is 6.42. The van der Waals surface area contributed by atoms with Crippen molar-refractivity contribution in [3.05, 3.63) is 209 Å². The highest BCUT2D eigenvalue weighted by Gasteiger charge is 2.53. The highest BCUT2D eigenvalue weighted by atomic mass is 31.2. The lowest BCUT2D eigenvalue weighted by Crippen LogP contribution is -2.40. The fraction of sp³-hybridized carbons (Fsp3) is 0.0870. The Labute approximate surface area is 283 Å². The van der Waals surface area contributed by atoms with Gasteiger partial charge in [0.1, 0.15) is 0 Å². The van der Waals surface area contributed by atoms with Crippen LogP contribution < -0.4 is 15.9 Å². The molecule has 0 fully saturated rings.